The molecule has 3 aromatic rings. The lowest BCUT2D eigenvalue weighted by atomic mass is 10.1. The first-order valence-electron chi connectivity index (χ1n) is 6.50. The molecule has 4 heteroatoms. The molecule has 0 fully saturated rings. The van der Waals surface area contributed by atoms with Crippen LogP contribution in [0.4, 0.5) is 0 Å². The molecule has 0 N–H and O–H groups in total. The van der Waals surface area contributed by atoms with E-state index in [1.165, 1.54) is 0 Å². The molecule has 2 aromatic heterocycles. The van der Waals surface area contributed by atoms with Gasteiger partial charge in [-0.3, -0.25) is 0 Å². The van der Waals surface area contributed by atoms with E-state index >= 15 is 0 Å². The van der Waals surface area contributed by atoms with E-state index in [2.05, 4.69) is 5.10 Å². The predicted molar refractivity (Wildman–Crippen MR) is 76.6 cm³/mol. The fourth-order valence-electron chi connectivity index (χ4n) is 2.16. The van der Waals surface area contributed by atoms with E-state index in [0.29, 0.717) is 12.2 Å². The van der Waals surface area contributed by atoms with Gasteiger partial charge in [-0.2, -0.15) is 5.10 Å². The molecule has 1 aromatic carbocycles. The maximum Gasteiger partial charge on any atom is 0.338 e. The van der Waals surface area contributed by atoms with Crippen LogP contribution in [0.15, 0.2) is 54.7 Å². The predicted octanol–water partition coefficient (Wildman–Crippen LogP) is 3.18. The smallest absolute Gasteiger partial charge is 0.338 e. The van der Waals surface area contributed by atoms with Crippen molar-refractivity contribution in [1.82, 2.24) is 9.61 Å². The van der Waals surface area contributed by atoms with Crippen molar-refractivity contribution < 1.29 is 9.53 Å². The van der Waals surface area contributed by atoms with Gasteiger partial charge >= 0.3 is 5.97 Å². The van der Waals surface area contributed by atoms with Crippen LogP contribution < -0.4 is 0 Å². The first-order valence-corrected chi connectivity index (χ1v) is 6.50. The zero-order valence-electron chi connectivity index (χ0n) is 11.1. The van der Waals surface area contributed by atoms with Crippen LogP contribution in [0.25, 0.3) is 16.8 Å². The molecule has 0 bridgehead atoms. The van der Waals surface area contributed by atoms with Gasteiger partial charge in [0.15, 0.2) is 0 Å². The summed E-state index contributed by atoms with van der Waals surface area (Å²) in [5.41, 5.74) is 3.59. The van der Waals surface area contributed by atoms with Gasteiger partial charge in [0, 0.05) is 5.56 Å². The second-order valence-electron chi connectivity index (χ2n) is 4.38. The van der Waals surface area contributed by atoms with Gasteiger partial charge in [-0.05, 0) is 37.3 Å². The summed E-state index contributed by atoms with van der Waals surface area (Å²) in [6.45, 7) is 2.18. The fraction of sp³-hybridized carbons (Fsp3) is 0.125. The first-order chi connectivity index (χ1) is 9.79. The lowest BCUT2D eigenvalue weighted by Crippen LogP contribution is -2.04. The number of fused-ring (bicyclic) bond motifs is 1. The van der Waals surface area contributed by atoms with Crippen molar-refractivity contribution in [3.63, 3.8) is 0 Å². The quantitative estimate of drug-likeness (QED) is 0.684. The van der Waals surface area contributed by atoms with Crippen LogP contribution in [-0.2, 0) is 4.74 Å². The molecule has 0 atom stereocenters. The van der Waals surface area contributed by atoms with Crippen molar-refractivity contribution in [3.05, 3.63) is 60.3 Å². The average Bonchev–Trinajstić information content (AvgIpc) is 2.96. The fourth-order valence-corrected chi connectivity index (χ4v) is 2.16. The van der Waals surface area contributed by atoms with Crippen molar-refractivity contribution in [2.24, 2.45) is 0 Å². The molecule has 20 heavy (non-hydrogen) atoms. The molecule has 0 aliphatic carbocycles. The van der Waals surface area contributed by atoms with E-state index in [9.17, 15) is 4.79 Å². The van der Waals surface area contributed by atoms with Gasteiger partial charge in [0.1, 0.15) is 0 Å². The van der Waals surface area contributed by atoms with Gasteiger partial charge in [0.25, 0.3) is 0 Å². The third-order valence-electron chi connectivity index (χ3n) is 3.11. The highest BCUT2D eigenvalue weighted by Gasteiger charge is 2.08. The molecule has 0 aliphatic rings. The van der Waals surface area contributed by atoms with E-state index in [1.807, 2.05) is 40.9 Å². The number of aromatic nitrogens is 2. The minimum Gasteiger partial charge on any atom is -0.462 e. The normalized spacial score (nSPS) is 10.7. The number of ether oxygens (including phenoxy) is 1. The van der Waals surface area contributed by atoms with Gasteiger partial charge in [-0.1, -0.05) is 18.2 Å². The molecule has 4 nitrogen and oxygen atoms in total. The summed E-state index contributed by atoms with van der Waals surface area (Å²) >= 11 is 0. The summed E-state index contributed by atoms with van der Waals surface area (Å²) in [5, 5.41) is 4.31. The molecule has 0 amide bonds. The highest BCUT2D eigenvalue weighted by Crippen LogP contribution is 2.21. The lowest BCUT2D eigenvalue weighted by molar-refractivity contribution is 0.0526. The van der Waals surface area contributed by atoms with Gasteiger partial charge in [-0.25, -0.2) is 9.31 Å². The highest BCUT2D eigenvalue weighted by molar-refractivity contribution is 5.90. The maximum absolute atomic E-state index is 11.6. The standard InChI is InChI=1S/C16H14N2O2/c1-2-20-16(19)13-8-6-12(7-9-13)15-5-3-4-14-10-11-17-18(14)15/h3-11H,2H2,1H3. The van der Waals surface area contributed by atoms with Gasteiger partial charge < -0.3 is 4.74 Å². The topological polar surface area (TPSA) is 43.6 Å². The Balaban J connectivity index is 1.99. The highest BCUT2D eigenvalue weighted by atomic mass is 16.5. The second-order valence-corrected chi connectivity index (χ2v) is 4.38. The molecule has 2 heterocycles. The zero-order chi connectivity index (χ0) is 13.9. The molecular weight excluding hydrogens is 252 g/mol. The Morgan fingerprint density at radius 3 is 2.70 bits per heavy atom. The molecule has 100 valence electrons. The van der Waals surface area contributed by atoms with Gasteiger partial charge in [0.2, 0.25) is 0 Å². The van der Waals surface area contributed by atoms with Gasteiger partial charge in [-0.15, -0.1) is 0 Å². The number of benzene rings is 1. The number of hydrogen-bond donors (Lipinski definition) is 0. The average molecular weight is 266 g/mol. The van der Waals surface area contributed by atoms with Crippen molar-refractivity contribution in [3.8, 4) is 11.3 Å². The van der Waals surface area contributed by atoms with Crippen molar-refractivity contribution in [1.29, 1.82) is 0 Å². The van der Waals surface area contributed by atoms with E-state index in [4.69, 9.17) is 4.74 Å². The summed E-state index contributed by atoms with van der Waals surface area (Å²) in [5.74, 6) is -0.295. The van der Waals surface area contributed by atoms with Crippen LogP contribution >= 0.6 is 0 Å². The van der Waals surface area contributed by atoms with E-state index in [-0.39, 0.29) is 5.97 Å². The Bertz CT molecular complexity index is 745. The number of pyridine rings is 1. The maximum atomic E-state index is 11.6. The van der Waals surface area contributed by atoms with Crippen molar-refractivity contribution in [2.45, 2.75) is 6.92 Å². The number of carbonyl (C=O) groups is 1. The van der Waals surface area contributed by atoms with E-state index < -0.39 is 0 Å². The molecule has 0 unspecified atom stereocenters. The minimum absolute atomic E-state index is 0.295. The number of nitrogens with zero attached hydrogens (tertiary/aromatic N) is 2. The number of esters is 1. The zero-order valence-corrected chi connectivity index (χ0v) is 11.1. The van der Waals surface area contributed by atoms with Crippen LogP contribution in [0.1, 0.15) is 17.3 Å². The molecule has 0 aliphatic heterocycles. The SMILES string of the molecule is CCOC(=O)c1ccc(-c2cccc3ccnn23)cc1. The Morgan fingerprint density at radius 1 is 1.15 bits per heavy atom. The molecule has 0 saturated heterocycles. The summed E-state index contributed by atoms with van der Waals surface area (Å²) in [7, 11) is 0. The molecule has 3 rings (SSSR count). The largest absolute Gasteiger partial charge is 0.462 e. The molecule has 0 saturated carbocycles. The monoisotopic (exact) mass is 266 g/mol. The summed E-state index contributed by atoms with van der Waals surface area (Å²) < 4.78 is 6.85. The van der Waals surface area contributed by atoms with Crippen LogP contribution in [0.2, 0.25) is 0 Å². The number of rotatable bonds is 3. The third kappa shape index (κ3) is 2.16. The van der Waals surface area contributed by atoms with Crippen LogP contribution in [0, 0.1) is 0 Å². The molecular formula is C16H14N2O2. The Labute approximate surface area is 116 Å². The van der Waals surface area contributed by atoms with Crippen molar-refractivity contribution in [2.75, 3.05) is 6.61 Å². The van der Waals surface area contributed by atoms with Crippen LogP contribution in [0.3, 0.4) is 0 Å². The van der Waals surface area contributed by atoms with Crippen molar-refractivity contribution >= 4 is 11.5 Å². The van der Waals surface area contributed by atoms with E-state index in [1.54, 1.807) is 25.3 Å². The Hall–Kier alpha value is -2.62. The van der Waals surface area contributed by atoms with Crippen LogP contribution in [0.5, 0.6) is 0 Å². The Kier molecular flexibility index (Phi) is 3.21. The summed E-state index contributed by atoms with van der Waals surface area (Å²) in [6.07, 6.45) is 1.77. The van der Waals surface area contributed by atoms with Crippen LogP contribution in [-0.4, -0.2) is 22.2 Å². The first kappa shape index (κ1) is 12.4. The summed E-state index contributed by atoms with van der Waals surface area (Å²) in [6, 6.07) is 15.3. The minimum atomic E-state index is -0.295. The number of carbonyl (C=O) groups excluding carboxylic acids is 1. The molecule has 0 spiro atoms. The van der Waals surface area contributed by atoms with Gasteiger partial charge in [0.05, 0.1) is 29.6 Å². The number of hydrogen-bond acceptors (Lipinski definition) is 3. The Morgan fingerprint density at radius 2 is 1.95 bits per heavy atom. The summed E-state index contributed by atoms with van der Waals surface area (Å²) in [4.78, 5) is 11.6. The lowest BCUT2D eigenvalue weighted by Gasteiger charge is -2.06. The second kappa shape index (κ2) is 5.17. The third-order valence-corrected chi connectivity index (χ3v) is 3.11. The molecule has 0 radical (unpaired) electrons. The van der Waals surface area contributed by atoms with E-state index in [0.717, 1.165) is 16.8 Å².